The summed E-state index contributed by atoms with van der Waals surface area (Å²) in [6.07, 6.45) is 2.58. The SMILES string of the molecule is CS(=O)(=O)Oc1ccc2c(c1)OC(=Cc1cccc(Br)c1)C2=O. The van der Waals surface area contributed by atoms with Gasteiger partial charge in [0, 0.05) is 10.5 Å². The second-order valence-corrected chi connectivity index (χ2v) is 7.43. The predicted molar refractivity (Wildman–Crippen MR) is 89.0 cm³/mol. The molecule has 7 heteroatoms. The van der Waals surface area contributed by atoms with Gasteiger partial charge in [0.2, 0.25) is 5.78 Å². The van der Waals surface area contributed by atoms with Gasteiger partial charge in [-0.15, -0.1) is 0 Å². The van der Waals surface area contributed by atoms with Gasteiger partial charge in [0.15, 0.2) is 5.76 Å². The van der Waals surface area contributed by atoms with Crippen molar-refractivity contribution in [1.29, 1.82) is 0 Å². The number of halogens is 1. The molecule has 1 aliphatic heterocycles. The van der Waals surface area contributed by atoms with Crippen molar-refractivity contribution >= 4 is 37.9 Å². The molecular formula is C16H11BrO5S. The molecule has 0 atom stereocenters. The summed E-state index contributed by atoms with van der Waals surface area (Å²) >= 11 is 3.36. The van der Waals surface area contributed by atoms with E-state index in [0.717, 1.165) is 16.3 Å². The molecule has 1 aliphatic rings. The highest BCUT2D eigenvalue weighted by Gasteiger charge is 2.28. The summed E-state index contributed by atoms with van der Waals surface area (Å²) in [6, 6.07) is 11.7. The molecule has 0 amide bonds. The van der Waals surface area contributed by atoms with Crippen LogP contribution in [-0.2, 0) is 10.1 Å². The smallest absolute Gasteiger partial charge is 0.306 e. The van der Waals surface area contributed by atoms with Crippen molar-refractivity contribution in [2.45, 2.75) is 0 Å². The molecule has 0 aliphatic carbocycles. The molecule has 0 saturated carbocycles. The zero-order valence-electron chi connectivity index (χ0n) is 11.9. The number of carbonyl (C=O) groups is 1. The molecule has 0 aromatic heterocycles. The third kappa shape index (κ3) is 3.62. The predicted octanol–water partition coefficient (Wildman–Crippen LogP) is 3.40. The van der Waals surface area contributed by atoms with Crippen LogP contribution in [0.15, 0.2) is 52.7 Å². The minimum Gasteiger partial charge on any atom is -0.452 e. The standard InChI is InChI=1S/C16H11BrO5S/c1-23(19,20)22-12-5-6-13-14(9-12)21-15(16(13)18)8-10-3-2-4-11(17)7-10/h2-9H,1H3. The van der Waals surface area contributed by atoms with E-state index in [-0.39, 0.29) is 23.0 Å². The first-order chi connectivity index (χ1) is 10.8. The molecule has 0 N–H and O–H groups in total. The quantitative estimate of drug-likeness (QED) is 0.589. The molecule has 3 rings (SSSR count). The summed E-state index contributed by atoms with van der Waals surface area (Å²) in [4.78, 5) is 12.3. The monoisotopic (exact) mass is 394 g/mol. The summed E-state index contributed by atoms with van der Waals surface area (Å²) in [5, 5.41) is 0. The normalized spacial score (nSPS) is 15.4. The average molecular weight is 395 g/mol. The molecule has 2 aromatic rings. The van der Waals surface area contributed by atoms with Crippen molar-refractivity contribution in [2.75, 3.05) is 6.26 Å². The highest BCUT2D eigenvalue weighted by molar-refractivity contribution is 9.10. The van der Waals surface area contributed by atoms with E-state index in [1.807, 2.05) is 24.3 Å². The summed E-state index contributed by atoms with van der Waals surface area (Å²) in [7, 11) is -3.64. The maximum absolute atomic E-state index is 12.3. The number of hydrogen-bond acceptors (Lipinski definition) is 5. The lowest BCUT2D eigenvalue weighted by Crippen LogP contribution is -2.05. The van der Waals surface area contributed by atoms with Crippen LogP contribution in [-0.4, -0.2) is 20.5 Å². The van der Waals surface area contributed by atoms with Crippen molar-refractivity contribution in [3.05, 3.63) is 63.8 Å². The van der Waals surface area contributed by atoms with Gasteiger partial charge in [0.1, 0.15) is 11.5 Å². The number of hydrogen-bond donors (Lipinski definition) is 0. The lowest BCUT2D eigenvalue weighted by Gasteiger charge is -2.04. The molecule has 0 bridgehead atoms. The van der Waals surface area contributed by atoms with E-state index in [2.05, 4.69) is 15.9 Å². The van der Waals surface area contributed by atoms with E-state index in [4.69, 9.17) is 8.92 Å². The van der Waals surface area contributed by atoms with Gasteiger partial charge < -0.3 is 8.92 Å². The molecule has 1 heterocycles. The van der Waals surface area contributed by atoms with Crippen LogP contribution in [0, 0.1) is 0 Å². The minimum atomic E-state index is -3.64. The highest BCUT2D eigenvalue weighted by atomic mass is 79.9. The van der Waals surface area contributed by atoms with Gasteiger partial charge in [0.05, 0.1) is 11.8 Å². The lowest BCUT2D eigenvalue weighted by molar-refractivity contribution is 0.101. The number of Topliss-reactive ketones (excluding diaryl/α,β-unsaturated/α-hetero) is 1. The van der Waals surface area contributed by atoms with Crippen LogP contribution in [0.5, 0.6) is 11.5 Å². The maximum Gasteiger partial charge on any atom is 0.306 e. The minimum absolute atomic E-state index is 0.0998. The number of benzene rings is 2. The number of fused-ring (bicyclic) bond motifs is 1. The fourth-order valence-electron chi connectivity index (χ4n) is 2.14. The Morgan fingerprint density at radius 3 is 2.65 bits per heavy atom. The van der Waals surface area contributed by atoms with Gasteiger partial charge in [-0.2, -0.15) is 8.42 Å². The van der Waals surface area contributed by atoms with E-state index in [1.54, 1.807) is 6.08 Å². The zero-order valence-corrected chi connectivity index (χ0v) is 14.3. The first-order valence-corrected chi connectivity index (χ1v) is 9.16. The van der Waals surface area contributed by atoms with Gasteiger partial charge in [-0.1, -0.05) is 28.1 Å². The zero-order chi connectivity index (χ0) is 16.6. The van der Waals surface area contributed by atoms with Crippen molar-refractivity contribution in [2.24, 2.45) is 0 Å². The van der Waals surface area contributed by atoms with Crippen LogP contribution in [0.2, 0.25) is 0 Å². The number of ether oxygens (including phenoxy) is 1. The Labute approximate surface area is 141 Å². The van der Waals surface area contributed by atoms with Crippen molar-refractivity contribution in [3.8, 4) is 11.5 Å². The van der Waals surface area contributed by atoms with Crippen LogP contribution < -0.4 is 8.92 Å². The molecule has 0 saturated heterocycles. The Morgan fingerprint density at radius 2 is 1.96 bits per heavy atom. The van der Waals surface area contributed by atoms with Gasteiger partial charge in [0.25, 0.3) is 0 Å². The average Bonchev–Trinajstić information content (AvgIpc) is 2.73. The Balaban J connectivity index is 1.92. The van der Waals surface area contributed by atoms with Crippen LogP contribution in [0.1, 0.15) is 15.9 Å². The molecule has 118 valence electrons. The molecule has 2 aromatic carbocycles. The Hall–Kier alpha value is -2.12. The summed E-state index contributed by atoms with van der Waals surface area (Å²) in [5.41, 5.74) is 1.18. The Kier molecular flexibility index (Phi) is 3.99. The lowest BCUT2D eigenvalue weighted by atomic mass is 10.1. The largest absolute Gasteiger partial charge is 0.452 e. The molecule has 5 nitrogen and oxygen atoms in total. The van der Waals surface area contributed by atoms with Crippen molar-refractivity contribution in [1.82, 2.24) is 0 Å². The Bertz CT molecular complexity index is 931. The molecular weight excluding hydrogens is 384 g/mol. The van der Waals surface area contributed by atoms with E-state index >= 15 is 0 Å². The van der Waals surface area contributed by atoms with Gasteiger partial charge in [-0.05, 0) is 35.9 Å². The van der Waals surface area contributed by atoms with E-state index < -0.39 is 10.1 Å². The summed E-state index contributed by atoms with van der Waals surface area (Å²) < 4.78 is 33.5. The molecule has 0 radical (unpaired) electrons. The number of ketones is 1. The summed E-state index contributed by atoms with van der Waals surface area (Å²) in [5.74, 6) is 0.292. The Morgan fingerprint density at radius 1 is 1.17 bits per heavy atom. The first-order valence-electron chi connectivity index (χ1n) is 6.55. The van der Waals surface area contributed by atoms with Crippen molar-refractivity contribution in [3.63, 3.8) is 0 Å². The highest BCUT2D eigenvalue weighted by Crippen LogP contribution is 2.35. The number of allylic oxidation sites excluding steroid dienone is 1. The topological polar surface area (TPSA) is 69.7 Å². The number of rotatable bonds is 3. The van der Waals surface area contributed by atoms with Crippen LogP contribution in [0.3, 0.4) is 0 Å². The van der Waals surface area contributed by atoms with Crippen LogP contribution in [0.25, 0.3) is 6.08 Å². The van der Waals surface area contributed by atoms with Gasteiger partial charge in [-0.25, -0.2) is 0 Å². The molecule has 0 unspecified atom stereocenters. The van der Waals surface area contributed by atoms with Crippen molar-refractivity contribution < 1.29 is 22.1 Å². The van der Waals surface area contributed by atoms with Crippen LogP contribution >= 0.6 is 15.9 Å². The second kappa shape index (κ2) is 5.82. The fourth-order valence-corrected chi connectivity index (χ4v) is 3.01. The van der Waals surface area contributed by atoms with Gasteiger partial charge in [-0.3, -0.25) is 4.79 Å². The fraction of sp³-hybridized carbons (Fsp3) is 0.0625. The van der Waals surface area contributed by atoms with E-state index in [9.17, 15) is 13.2 Å². The molecule has 0 spiro atoms. The van der Waals surface area contributed by atoms with Gasteiger partial charge >= 0.3 is 10.1 Å². The molecule has 23 heavy (non-hydrogen) atoms. The van der Waals surface area contributed by atoms with E-state index in [0.29, 0.717) is 5.56 Å². The third-order valence-corrected chi connectivity index (χ3v) is 4.02. The number of carbonyl (C=O) groups excluding carboxylic acids is 1. The summed E-state index contributed by atoms with van der Waals surface area (Å²) in [6.45, 7) is 0. The van der Waals surface area contributed by atoms with Crippen LogP contribution in [0.4, 0.5) is 0 Å². The maximum atomic E-state index is 12.3. The molecule has 0 fully saturated rings. The third-order valence-electron chi connectivity index (χ3n) is 3.04. The van der Waals surface area contributed by atoms with E-state index in [1.165, 1.54) is 18.2 Å². The second-order valence-electron chi connectivity index (χ2n) is 4.94. The first kappa shape index (κ1) is 15.8.